The van der Waals surface area contributed by atoms with E-state index in [1.165, 1.54) is 23.1 Å². The minimum absolute atomic E-state index is 0.0562. The van der Waals surface area contributed by atoms with Crippen LogP contribution in [0.15, 0.2) is 72.8 Å². The van der Waals surface area contributed by atoms with Gasteiger partial charge in [-0.3, -0.25) is 14.4 Å². The fraction of sp³-hybridized carbons (Fsp3) is 0.250. The molecule has 1 aliphatic rings. The summed E-state index contributed by atoms with van der Waals surface area (Å²) in [4.78, 5) is 42.4. The number of anilines is 1. The maximum atomic E-state index is 13.9. The maximum Gasteiger partial charge on any atom is 0.257 e. The van der Waals surface area contributed by atoms with Crippen molar-refractivity contribution >= 4 is 23.4 Å². The first-order chi connectivity index (χ1) is 17.4. The normalized spacial score (nSPS) is 15.2. The standard InChI is InChI=1S/C28H27FN2O5/c1-3-15-36-24-13-9-22(10-14-24)31-26(32)17-25(28(31)34)30(18-19-7-11-23(35-2)12-8-19)27(33)20-5-4-6-21(29)16-20/h4-14,16,25H,3,15,17-18H2,1-2H3. The fourth-order valence-electron chi connectivity index (χ4n) is 4.08. The lowest BCUT2D eigenvalue weighted by Gasteiger charge is -2.28. The molecule has 8 heteroatoms. The monoisotopic (exact) mass is 490 g/mol. The number of methoxy groups -OCH3 is 1. The lowest BCUT2D eigenvalue weighted by Crippen LogP contribution is -2.45. The molecule has 0 saturated carbocycles. The second-order valence-electron chi connectivity index (χ2n) is 8.42. The summed E-state index contributed by atoms with van der Waals surface area (Å²) < 4.78 is 24.7. The first-order valence-corrected chi connectivity index (χ1v) is 11.7. The summed E-state index contributed by atoms with van der Waals surface area (Å²) in [6.07, 6.45) is 0.681. The van der Waals surface area contributed by atoms with Crippen LogP contribution < -0.4 is 14.4 Å². The predicted octanol–water partition coefficient (Wildman–Crippen LogP) is 4.60. The number of benzene rings is 3. The van der Waals surface area contributed by atoms with Crippen molar-refractivity contribution in [2.75, 3.05) is 18.6 Å². The van der Waals surface area contributed by atoms with E-state index < -0.39 is 29.6 Å². The SMILES string of the molecule is CCCOc1ccc(N2C(=O)CC(N(Cc3ccc(OC)cc3)C(=O)c3cccc(F)c3)C2=O)cc1. The van der Waals surface area contributed by atoms with Crippen LogP contribution in [0.3, 0.4) is 0 Å². The van der Waals surface area contributed by atoms with Crippen LogP contribution in [0.1, 0.15) is 35.7 Å². The number of imide groups is 1. The summed E-state index contributed by atoms with van der Waals surface area (Å²) >= 11 is 0. The van der Waals surface area contributed by atoms with Crippen molar-refractivity contribution in [1.29, 1.82) is 0 Å². The Balaban J connectivity index is 1.63. The second kappa shape index (κ2) is 11.0. The zero-order valence-corrected chi connectivity index (χ0v) is 20.1. The molecule has 0 spiro atoms. The van der Waals surface area contributed by atoms with Gasteiger partial charge in [0.2, 0.25) is 5.91 Å². The number of halogens is 1. The average molecular weight is 491 g/mol. The van der Waals surface area contributed by atoms with E-state index in [4.69, 9.17) is 9.47 Å². The highest BCUT2D eigenvalue weighted by atomic mass is 19.1. The third kappa shape index (κ3) is 5.38. The molecule has 4 rings (SSSR count). The Hall–Kier alpha value is -4.20. The molecule has 1 aliphatic heterocycles. The van der Waals surface area contributed by atoms with Crippen molar-refractivity contribution < 1.29 is 28.2 Å². The van der Waals surface area contributed by atoms with Gasteiger partial charge in [-0.1, -0.05) is 25.1 Å². The Kier molecular flexibility index (Phi) is 7.63. The quantitative estimate of drug-likeness (QED) is 0.410. The average Bonchev–Trinajstić information content (AvgIpc) is 3.19. The van der Waals surface area contributed by atoms with Gasteiger partial charge in [0.1, 0.15) is 23.4 Å². The number of nitrogens with zero attached hydrogens (tertiary/aromatic N) is 2. The van der Waals surface area contributed by atoms with Gasteiger partial charge >= 0.3 is 0 Å². The van der Waals surface area contributed by atoms with E-state index >= 15 is 0 Å². The van der Waals surface area contributed by atoms with Crippen molar-refractivity contribution in [2.45, 2.75) is 32.4 Å². The van der Waals surface area contributed by atoms with Crippen molar-refractivity contribution in [3.8, 4) is 11.5 Å². The van der Waals surface area contributed by atoms with Crippen molar-refractivity contribution in [1.82, 2.24) is 4.90 Å². The molecule has 0 aromatic heterocycles. The summed E-state index contributed by atoms with van der Waals surface area (Å²) in [5.41, 5.74) is 1.23. The van der Waals surface area contributed by atoms with Gasteiger partial charge in [-0.05, 0) is 66.6 Å². The van der Waals surface area contributed by atoms with E-state index in [0.717, 1.165) is 23.0 Å². The zero-order chi connectivity index (χ0) is 25.7. The van der Waals surface area contributed by atoms with Gasteiger partial charge < -0.3 is 14.4 Å². The number of hydrogen-bond acceptors (Lipinski definition) is 5. The van der Waals surface area contributed by atoms with E-state index in [2.05, 4.69) is 0 Å². The van der Waals surface area contributed by atoms with Gasteiger partial charge in [0.25, 0.3) is 11.8 Å². The van der Waals surface area contributed by atoms with Gasteiger partial charge in [0, 0.05) is 12.1 Å². The van der Waals surface area contributed by atoms with Gasteiger partial charge in [0.15, 0.2) is 0 Å². The predicted molar refractivity (Wildman–Crippen MR) is 132 cm³/mol. The van der Waals surface area contributed by atoms with Gasteiger partial charge in [-0.2, -0.15) is 0 Å². The molecule has 1 saturated heterocycles. The minimum atomic E-state index is -1.04. The van der Waals surface area contributed by atoms with Crippen molar-refractivity contribution in [3.05, 3.63) is 89.7 Å². The number of rotatable bonds is 9. The number of ether oxygens (including phenoxy) is 2. The van der Waals surface area contributed by atoms with Crippen LogP contribution in [0.2, 0.25) is 0 Å². The molecule has 7 nitrogen and oxygen atoms in total. The van der Waals surface area contributed by atoms with Crippen LogP contribution in [0, 0.1) is 5.82 Å². The first kappa shape index (κ1) is 24.9. The molecule has 3 aromatic rings. The van der Waals surface area contributed by atoms with Crippen LogP contribution >= 0.6 is 0 Å². The molecular weight excluding hydrogens is 463 g/mol. The molecular formula is C28H27FN2O5. The highest BCUT2D eigenvalue weighted by Gasteiger charge is 2.44. The van der Waals surface area contributed by atoms with Crippen LogP contribution in [0.25, 0.3) is 0 Å². The molecule has 1 atom stereocenters. The molecule has 3 amide bonds. The van der Waals surface area contributed by atoms with Crippen LogP contribution in [-0.4, -0.2) is 42.4 Å². The van der Waals surface area contributed by atoms with Crippen molar-refractivity contribution in [2.24, 2.45) is 0 Å². The topological polar surface area (TPSA) is 76.2 Å². The number of amides is 3. The molecule has 0 bridgehead atoms. The van der Waals surface area contributed by atoms with Crippen molar-refractivity contribution in [3.63, 3.8) is 0 Å². The smallest absolute Gasteiger partial charge is 0.257 e. The third-order valence-corrected chi connectivity index (χ3v) is 5.91. The molecule has 3 aromatic carbocycles. The largest absolute Gasteiger partial charge is 0.497 e. The lowest BCUT2D eigenvalue weighted by molar-refractivity contribution is -0.122. The molecule has 36 heavy (non-hydrogen) atoms. The van der Waals surface area contributed by atoms with E-state index in [1.807, 2.05) is 6.92 Å². The zero-order valence-electron chi connectivity index (χ0n) is 20.1. The Bertz CT molecular complexity index is 1240. The molecule has 0 N–H and O–H groups in total. The summed E-state index contributed by atoms with van der Waals surface area (Å²) in [7, 11) is 1.55. The number of carbonyl (C=O) groups excluding carboxylic acids is 3. The molecule has 0 aliphatic carbocycles. The summed E-state index contributed by atoms with van der Waals surface area (Å²) in [6, 6.07) is 18.0. The Morgan fingerprint density at radius 2 is 1.72 bits per heavy atom. The Labute approximate surface area is 209 Å². The molecule has 186 valence electrons. The van der Waals surface area contributed by atoms with E-state index in [1.54, 1.807) is 55.6 Å². The third-order valence-electron chi connectivity index (χ3n) is 5.91. The van der Waals surface area contributed by atoms with Gasteiger partial charge in [-0.15, -0.1) is 0 Å². The highest BCUT2D eigenvalue weighted by molar-refractivity contribution is 6.23. The molecule has 1 heterocycles. The van der Waals surface area contributed by atoms with Crippen LogP contribution in [0.4, 0.5) is 10.1 Å². The highest BCUT2D eigenvalue weighted by Crippen LogP contribution is 2.29. The van der Waals surface area contributed by atoms with Crippen LogP contribution in [-0.2, 0) is 16.1 Å². The molecule has 0 radical (unpaired) electrons. The maximum absolute atomic E-state index is 13.9. The first-order valence-electron chi connectivity index (χ1n) is 11.7. The molecule has 1 fully saturated rings. The lowest BCUT2D eigenvalue weighted by atomic mass is 10.1. The summed E-state index contributed by atoms with van der Waals surface area (Å²) in [5.74, 6) is -0.753. The Morgan fingerprint density at radius 3 is 2.36 bits per heavy atom. The van der Waals surface area contributed by atoms with E-state index in [9.17, 15) is 18.8 Å². The molecule has 1 unspecified atom stereocenters. The minimum Gasteiger partial charge on any atom is -0.497 e. The van der Waals surface area contributed by atoms with Gasteiger partial charge in [0.05, 0.1) is 25.8 Å². The second-order valence-corrected chi connectivity index (χ2v) is 8.42. The summed E-state index contributed by atoms with van der Waals surface area (Å²) in [6.45, 7) is 2.62. The fourth-order valence-corrected chi connectivity index (χ4v) is 4.08. The van der Waals surface area contributed by atoms with E-state index in [0.29, 0.717) is 23.8 Å². The van der Waals surface area contributed by atoms with E-state index in [-0.39, 0.29) is 18.5 Å². The Morgan fingerprint density at radius 1 is 1.03 bits per heavy atom. The number of hydrogen-bond donors (Lipinski definition) is 0. The van der Waals surface area contributed by atoms with Crippen LogP contribution in [0.5, 0.6) is 11.5 Å². The summed E-state index contributed by atoms with van der Waals surface area (Å²) in [5, 5.41) is 0. The van der Waals surface area contributed by atoms with Gasteiger partial charge in [-0.25, -0.2) is 9.29 Å². The number of carbonyl (C=O) groups is 3.